The van der Waals surface area contributed by atoms with Gasteiger partial charge in [0.2, 0.25) is 5.91 Å². The summed E-state index contributed by atoms with van der Waals surface area (Å²) in [4.78, 5) is 36.6. The Hall–Kier alpha value is -3.39. The van der Waals surface area contributed by atoms with Crippen LogP contribution in [0.3, 0.4) is 0 Å². The van der Waals surface area contributed by atoms with E-state index in [1.807, 2.05) is 43.3 Å². The van der Waals surface area contributed by atoms with Crippen LogP contribution < -0.4 is 10.6 Å². The largest absolute Gasteiger partial charge is 0.479 e. The second kappa shape index (κ2) is 9.62. The molecular formula is C25H28N2O6. The molecule has 1 aliphatic heterocycles. The maximum atomic E-state index is 12.5. The minimum atomic E-state index is -1.40. The molecule has 0 aromatic heterocycles. The number of carbonyl (C=O) groups is 3. The lowest BCUT2D eigenvalue weighted by molar-refractivity contribution is -0.147. The lowest BCUT2D eigenvalue weighted by atomic mass is 9.98. The predicted octanol–water partition coefficient (Wildman–Crippen LogP) is 3.05. The van der Waals surface area contributed by atoms with Crippen molar-refractivity contribution < 1.29 is 29.0 Å². The van der Waals surface area contributed by atoms with Gasteiger partial charge in [0, 0.05) is 31.4 Å². The van der Waals surface area contributed by atoms with E-state index >= 15 is 0 Å². The summed E-state index contributed by atoms with van der Waals surface area (Å²) in [5, 5.41) is 14.8. The summed E-state index contributed by atoms with van der Waals surface area (Å²) in [6.45, 7) is 2.24. The highest BCUT2D eigenvalue weighted by Crippen LogP contribution is 2.44. The number of carboxylic acids is 1. The molecule has 174 valence electrons. The van der Waals surface area contributed by atoms with Crippen molar-refractivity contribution in [2.75, 3.05) is 19.8 Å². The van der Waals surface area contributed by atoms with Gasteiger partial charge in [-0.1, -0.05) is 55.5 Å². The quantitative estimate of drug-likeness (QED) is 0.567. The summed E-state index contributed by atoms with van der Waals surface area (Å²) in [7, 11) is 0. The van der Waals surface area contributed by atoms with Gasteiger partial charge in [-0.2, -0.15) is 0 Å². The first-order valence-electron chi connectivity index (χ1n) is 11.2. The molecular weight excluding hydrogens is 424 g/mol. The van der Waals surface area contributed by atoms with Gasteiger partial charge in [-0.05, 0) is 28.7 Å². The van der Waals surface area contributed by atoms with Gasteiger partial charge in [0.05, 0.1) is 6.61 Å². The number of carbonyl (C=O) groups excluding carboxylic acids is 2. The van der Waals surface area contributed by atoms with E-state index in [1.165, 1.54) is 0 Å². The first-order chi connectivity index (χ1) is 15.9. The summed E-state index contributed by atoms with van der Waals surface area (Å²) >= 11 is 0. The van der Waals surface area contributed by atoms with E-state index in [0.29, 0.717) is 6.42 Å². The normalized spacial score (nSPS) is 19.9. The third kappa shape index (κ3) is 4.71. The second-order valence-electron chi connectivity index (χ2n) is 8.52. The van der Waals surface area contributed by atoms with E-state index in [-0.39, 0.29) is 38.6 Å². The number of hydrogen-bond acceptors (Lipinski definition) is 5. The summed E-state index contributed by atoms with van der Waals surface area (Å²) in [6.07, 6.45) is 0.0582. The molecule has 3 N–H and O–H groups in total. The summed E-state index contributed by atoms with van der Waals surface area (Å²) in [5.41, 5.74) is 3.13. The van der Waals surface area contributed by atoms with E-state index in [9.17, 15) is 19.5 Å². The fourth-order valence-electron chi connectivity index (χ4n) is 4.53. The zero-order valence-electron chi connectivity index (χ0n) is 18.5. The number of hydrogen-bond donors (Lipinski definition) is 3. The maximum absolute atomic E-state index is 12.5. The Bertz CT molecular complexity index is 1000. The third-order valence-corrected chi connectivity index (χ3v) is 6.40. The van der Waals surface area contributed by atoms with Crippen LogP contribution in [0, 0.1) is 0 Å². The lowest BCUT2D eigenvalue weighted by Gasteiger charge is -2.25. The van der Waals surface area contributed by atoms with Gasteiger partial charge in [0.1, 0.15) is 6.61 Å². The SMILES string of the molecule is CCC(CC(=O)NC1(C(=O)O)CCOC1)NC(=O)OCC1c2ccccc2-c2ccccc21. The van der Waals surface area contributed by atoms with Gasteiger partial charge in [-0.3, -0.25) is 4.79 Å². The number of nitrogens with one attached hydrogen (secondary N) is 2. The molecule has 1 aliphatic carbocycles. The van der Waals surface area contributed by atoms with Crippen molar-refractivity contribution in [1.29, 1.82) is 0 Å². The molecule has 0 saturated carbocycles. The van der Waals surface area contributed by atoms with Gasteiger partial charge < -0.3 is 25.2 Å². The van der Waals surface area contributed by atoms with Crippen LogP contribution in [0.1, 0.15) is 43.2 Å². The number of alkyl carbamates (subject to hydrolysis) is 1. The highest BCUT2D eigenvalue weighted by atomic mass is 16.5. The molecule has 0 bridgehead atoms. The average molecular weight is 453 g/mol. The van der Waals surface area contributed by atoms with E-state index in [4.69, 9.17) is 9.47 Å². The van der Waals surface area contributed by atoms with Crippen LogP contribution in [0.15, 0.2) is 48.5 Å². The van der Waals surface area contributed by atoms with E-state index in [2.05, 4.69) is 22.8 Å². The molecule has 4 rings (SSSR count). The van der Waals surface area contributed by atoms with Crippen LogP contribution in [0.25, 0.3) is 11.1 Å². The Morgan fingerprint density at radius 3 is 2.30 bits per heavy atom. The minimum Gasteiger partial charge on any atom is -0.479 e. The summed E-state index contributed by atoms with van der Waals surface area (Å²) in [5.74, 6) is -1.62. The molecule has 1 heterocycles. The molecule has 8 nitrogen and oxygen atoms in total. The Kier molecular flexibility index (Phi) is 6.65. The number of amides is 2. The zero-order chi connectivity index (χ0) is 23.4. The first kappa shape index (κ1) is 22.8. The van der Waals surface area contributed by atoms with Gasteiger partial charge in [0.15, 0.2) is 5.54 Å². The van der Waals surface area contributed by atoms with Gasteiger partial charge in [-0.15, -0.1) is 0 Å². The second-order valence-corrected chi connectivity index (χ2v) is 8.52. The zero-order valence-corrected chi connectivity index (χ0v) is 18.5. The molecule has 2 aromatic rings. The van der Waals surface area contributed by atoms with Crippen LogP contribution in [0.5, 0.6) is 0 Å². The molecule has 1 saturated heterocycles. The van der Waals surface area contributed by atoms with Crippen molar-refractivity contribution >= 4 is 18.0 Å². The average Bonchev–Trinajstić information content (AvgIpc) is 3.41. The summed E-state index contributed by atoms with van der Waals surface area (Å²) < 4.78 is 10.7. The van der Waals surface area contributed by atoms with Crippen LogP contribution >= 0.6 is 0 Å². The molecule has 0 radical (unpaired) electrons. The molecule has 2 atom stereocenters. The van der Waals surface area contributed by atoms with Crippen LogP contribution in [-0.4, -0.2) is 54.5 Å². The molecule has 2 aromatic carbocycles. The van der Waals surface area contributed by atoms with Gasteiger partial charge in [-0.25, -0.2) is 9.59 Å². The number of benzene rings is 2. The molecule has 33 heavy (non-hydrogen) atoms. The number of ether oxygens (including phenoxy) is 2. The highest BCUT2D eigenvalue weighted by Gasteiger charge is 2.44. The number of fused-ring (bicyclic) bond motifs is 3. The monoisotopic (exact) mass is 452 g/mol. The fraction of sp³-hybridized carbons (Fsp3) is 0.400. The van der Waals surface area contributed by atoms with Crippen molar-refractivity contribution in [2.45, 2.75) is 43.7 Å². The number of carboxylic acid groups (broad SMARTS) is 1. The van der Waals surface area contributed by atoms with Crippen LogP contribution in [0.2, 0.25) is 0 Å². The maximum Gasteiger partial charge on any atom is 0.407 e. The van der Waals surface area contributed by atoms with Crippen molar-refractivity contribution in [3.63, 3.8) is 0 Å². The van der Waals surface area contributed by atoms with Crippen LogP contribution in [-0.2, 0) is 19.1 Å². The third-order valence-electron chi connectivity index (χ3n) is 6.40. The standard InChI is InChI=1S/C25H28N2O6/c1-2-16(13-22(28)27-25(23(29)30)11-12-32-15-25)26-24(31)33-14-21-19-9-5-3-7-17(19)18-8-4-6-10-20(18)21/h3-10,16,21H,2,11-15H2,1H3,(H,26,31)(H,27,28)(H,29,30). The van der Waals surface area contributed by atoms with Crippen molar-refractivity contribution in [1.82, 2.24) is 10.6 Å². The number of aliphatic carboxylic acids is 1. The molecule has 2 amide bonds. The van der Waals surface area contributed by atoms with Crippen molar-refractivity contribution in [2.24, 2.45) is 0 Å². The highest BCUT2D eigenvalue weighted by molar-refractivity contribution is 5.88. The Balaban J connectivity index is 1.34. The topological polar surface area (TPSA) is 114 Å². The molecule has 0 spiro atoms. The molecule has 2 unspecified atom stereocenters. The van der Waals surface area contributed by atoms with Gasteiger partial charge >= 0.3 is 12.1 Å². The molecule has 2 aliphatic rings. The predicted molar refractivity (Wildman–Crippen MR) is 121 cm³/mol. The van der Waals surface area contributed by atoms with Crippen LogP contribution in [0.4, 0.5) is 4.79 Å². The molecule has 8 heteroatoms. The Morgan fingerprint density at radius 1 is 1.12 bits per heavy atom. The van der Waals surface area contributed by atoms with Crippen molar-refractivity contribution in [3.8, 4) is 11.1 Å². The summed E-state index contributed by atoms with van der Waals surface area (Å²) in [6, 6.07) is 15.7. The van der Waals surface area contributed by atoms with E-state index in [1.54, 1.807) is 0 Å². The van der Waals surface area contributed by atoms with Gasteiger partial charge in [0.25, 0.3) is 0 Å². The van der Waals surface area contributed by atoms with E-state index < -0.39 is 29.6 Å². The molecule has 1 fully saturated rings. The minimum absolute atomic E-state index is 0.0459. The van der Waals surface area contributed by atoms with Crippen molar-refractivity contribution in [3.05, 3.63) is 59.7 Å². The fourth-order valence-corrected chi connectivity index (χ4v) is 4.53. The number of rotatable bonds is 8. The Morgan fingerprint density at radius 2 is 1.76 bits per heavy atom. The first-order valence-corrected chi connectivity index (χ1v) is 11.2. The Labute approximate surface area is 192 Å². The van der Waals surface area contributed by atoms with E-state index in [0.717, 1.165) is 22.3 Å². The smallest absolute Gasteiger partial charge is 0.407 e. The lowest BCUT2D eigenvalue weighted by Crippen LogP contribution is -2.56.